The molecule has 1 unspecified atom stereocenters. The van der Waals surface area contributed by atoms with Crippen LogP contribution in [-0.4, -0.2) is 18.2 Å². The lowest BCUT2D eigenvalue weighted by molar-refractivity contribution is 0.446. The van der Waals surface area contributed by atoms with E-state index in [0.717, 1.165) is 5.56 Å². The minimum atomic E-state index is -0.279. The Labute approximate surface area is 88.5 Å². The van der Waals surface area contributed by atoms with Gasteiger partial charge in [0.2, 0.25) is 0 Å². The maximum absolute atomic E-state index is 11.8. The molecule has 0 amide bonds. The van der Waals surface area contributed by atoms with Gasteiger partial charge in [-0.1, -0.05) is 17.7 Å². The number of nitrogens with zero attached hydrogens (tertiary/aromatic N) is 1. The van der Waals surface area contributed by atoms with Crippen molar-refractivity contribution in [2.45, 2.75) is 19.4 Å². The number of alkyl halides is 1. The van der Waals surface area contributed by atoms with Crippen LogP contribution >= 0.6 is 11.6 Å². The fourth-order valence-corrected chi connectivity index (χ4v) is 1.26. The van der Waals surface area contributed by atoms with Crippen LogP contribution in [-0.2, 0) is 0 Å². The normalized spacial score (nSPS) is 12.8. The van der Waals surface area contributed by atoms with Crippen LogP contribution < -0.4 is 5.32 Å². The highest BCUT2D eigenvalue weighted by Gasteiger charge is 2.03. The summed E-state index contributed by atoms with van der Waals surface area (Å²) in [5.74, 6) is 0. The molecule has 0 fully saturated rings. The minimum absolute atomic E-state index is 0.186. The van der Waals surface area contributed by atoms with E-state index in [1.807, 2.05) is 13.0 Å². The van der Waals surface area contributed by atoms with Gasteiger partial charge in [0, 0.05) is 12.2 Å². The van der Waals surface area contributed by atoms with E-state index >= 15 is 0 Å². The van der Waals surface area contributed by atoms with Crippen LogP contribution in [0.2, 0.25) is 5.15 Å². The van der Waals surface area contributed by atoms with E-state index in [4.69, 9.17) is 11.6 Å². The molecule has 0 aliphatic carbocycles. The zero-order chi connectivity index (χ0) is 10.4. The fraction of sp³-hybridized carbons (Fsp3) is 0.500. The molecule has 1 aromatic heterocycles. The molecule has 0 aliphatic heterocycles. The first-order valence-corrected chi connectivity index (χ1v) is 5.02. The van der Waals surface area contributed by atoms with Crippen molar-refractivity contribution in [3.8, 4) is 0 Å². The number of halogens is 2. The number of pyridine rings is 1. The summed E-state index contributed by atoms with van der Waals surface area (Å²) in [5, 5.41) is 3.69. The molecule has 4 heteroatoms. The lowest BCUT2D eigenvalue weighted by Crippen LogP contribution is -2.20. The summed E-state index contributed by atoms with van der Waals surface area (Å²) >= 11 is 5.66. The first-order chi connectivity index (χ1) is 6.74. The van der Waals surface area contributed by atoms with Gasteiger partial charge in [-0.25, -0.2) is 4.98 Å². The molecule has 0 radical (unpaired) electrons. The third kappa shape index (κ3) is 3.60. The summed E-state index contributed by atoms with van der Waals surface area (Å²) in [6.07, 6.45) is 2.28. The quantitative estimate of drug-likeness (QED) is 0.605. The van der Waals surface area contributed by atoms with Crippen molar-refractivity contribution < 1.29 is 4.39 Å². The van der Waals surface area contributed by atoms with E-state index in [9.17, 15) is 4.39 Å². The predicted octanol–water partition coefficient (Wildman–Crippen LogP) is 2.75. The minimum Gasteiger partial charge on any atom is -0.310 e. The second-order valence-corrected chi connectivity index (χ2v) is 3.52. The number of aromatic nitrogens is 1. The van der Waals surface area contributed by atoms with Crippen LogP contribution in [0, 0.1) is 0 Å². The highest BCUT2D eigenvalue weighted by atomic mass is 35.5. The van der Waals surface area contributed by atoms with Crippen LogP contribution in [0.3, 0.4) is 0 Å². The topological polar surface area (TPSA) is 24.9 Å². The Hall–Kier alpha value is -0.670. The molecular weight excluding hydrogens is 203 g/mol. The Kier molecular flexibility index (Phi) is 4.84. The Bertz CT molecular complexity index is 263. The van der Waals surface area contributed by atoms with Gasteiger partial charge in [-0.15, -0.1) is 0 Å². The van der Waals surface area contributed by atoms with Gasteiger partial charge in [0.05, 0.1) is 6.67 Å². The zero-order valence-electron chi connectivity index (χ0n) is 8.13. The van der Waals surface area contributed by atoms with Gasteiger partial charge >= 0.3 is 0 Å². The van der Waals surface area contributed by atoms with Crippen LogP contribution in [0.1, 0.15) is 24.9 Å². The highest BCUT2D eigenvalue weighted by molar-refractivity contribution is 6.29. The summed E-state index contributed by atoms with van der Waals surface area (Å²) in [7, 11) is 0. The maximum atomic E-state index is 11.8. The molecule has 0 saturated carbocycles. The van der Waals surface area contributed by atoms with E-state index in [0.29, 0.717) is 18.1 Å². The molecule has 0 aromatic carbocycles. The van der Waals surface area contributed by atoms with Crippen molar-refractivity contribution in [3.05, 3.63) is 29.0 Å². The van der Waals surface area contributed by atoms with Crippen LogP contribution in [0.15, 0.2) is 18.3 Å². The summed E-state index contributed by atoms with van der Waals surface area (Å²) in [6.45, 7) is 2.42. The van der Waals surface area contributed by atoms with Gasteiger partial charge in [0.25, 0.3) is 0 Å². The summed E-state index contributed by atoms with van der Waals surface area (Å²) in [5.41, 5.74) is 1.06. The van der Waals surface area contributed by atoms with E-state index < -0.39 is 0 Å². The zero-order valence-corrected chi connectivity index (χ0v) is 8.89. The second-order valence-electron chi connectivity index (χ2n) is 3.13. The molecule has 1 N–H and O–H groups in total. The van der Waals surface area contributed by atoms with Crippen molar-refractivity contribution in [1.29, 1.82) is 0 Å². The Balaban J connectivity index is 2.43. The molecular formula is C10H14ClFN2. The van der Waals surface area contributed by atoms with Gasteiger partial charge in [-0.05, 0) is 31.5 Å². The fourth-order valence-electron chi connectivity index (χ4n) is 1.15. The molecule has 1 rings (SSSR count). The van der Waals surface area contributed by atoms with Gasteiger partial charge < -0.3 is 5.32 Å². The number of nitrogens with one attached hydrogen (secondary N) is 1. The van der Waals surface area contributed by atoms with Gasteiger partial charge in [-0.2, -0.15) is 0 Å². The molecule has 1 heterocycles. The standard InChI is InChI=1S/C10H14ClFN2/c1-8(13-6-2-5-12)9-3-4-10(11)14-7-9/h3-4,7-8,13H,2,5-6H2,1H3. The van der Waals surface area contributed by atoms with E-state index in [-0.39, 0.29) is 12.7 Å². The molecule has 0 saturated heterocycles. The van der Waals surface area contributed by atoms with E-state index in [1.165, 1.54) is 0 Å². The lowest BCUT2D eigenvalue weighted by atomic mass is 10.1. The molecule has 78 valence electrons. The largest absolute Gasteiger partial charge is 0.310 e. The Morgan fingerprint density at radius 3 is 2.93 bits per heavy atom. The van der Waals surface area contributed by atoms with Gasteiger partial charge in [0.15, 0.2) is 0 Å². The molecule has 1 aromatic rings. The molecule has 0 aliphatic rings. The lowest BCUT2D eigenvalue weighted by Gasteiger charge is -2.12. The highest BCUT2D eigenvalue weighted by Crippen LogP contribution is 2.12. The number of hydrogen-bond acceptors (Lipinski definition) is 2. The average molecular weight is 217 g/mol. The van der Waals surface area contributed by atoms with Crippen LogP contribution in [0.5, 0.6) is 0 Å². The van der Waals surface area contributed by atoms with E-state index in [1.54, 1.807) is 12.3 Å². The first kappa shape index (κ1) is 11.4. The maximum Gasteiger partial charge on any atom is 0.129 e. The first-order valence-electron chi connectivity index (χ1n) is 4.65. The second kappa shape index (κ2) is 5.94. The van der Waals surface area contributed by atoms with Crippen molar-refractivity contribution >= 4 is 11.6 Å². The monoisotopic (exact) mass is 216 g/mol. The Morgan fingerprint density at radius 1 is 1.57 bits per heavy atom. The predicted molar refractivity (Wildman–Crippen MR) is 56.3 cm³/mol. The SMILES string of the molecule is CC(NCCCF)c1ccc(Cl)nc1. The number of hydrogen-bond donors (Lipinski definition) is 1. The smallest absolute Gasteiger partial charge is 0.129 e. The summed E-state index contributed by atoms with van der Waals surface area (Å²) < 4.78 is 11.8. The van der Waals surface area contributed by atoms with Gasteiger partial charge in [-0.3, -0.25) is 4.39 Å². The third-order valence-electron chi connectivity index (χ3n) is 2.01. The summed E-state index contributed by atoms with van der Waals surface area (Å²) in [4.78, 5) is 3.98. The average Bonchev–Trinajstić information content (AvgIpc) is 2.19. The molecule has 2 nitrogen and oxygen atoms in total. The van der Waals surface area contributed by atoms with Crippen molar-refractivity contribution in [2.75, 3.05) is 13.2 Å². The Morgan fingerprint density at radius 2 is 2.36 bits per heavy atom. The van der Waals surface area contributed by atoms with Crippen LogP contribution in [0.4, 0.5) is 4.39 Å². The van der Waals surface area contributed by atoms with Crippen LogP contribution in [0.25, 0.3) is 0 Å². The molecule has 1 atom stereocenters. The van der Waals surface area contributed by atoms with E-state index in [2.05, 4.69) is 10.3 Å². The van der Waals surface area contributed by atoms with Crippen molar-refractivity contribution in [2.24, 2.45) is 0 Å². The molecule has 0 spiro atoms. The molecule has 14 heavy (non-hydrogen) atoms. The van der Waals surface area contributed by atoms with Crippen molar-refractivity contribution in [1.82, 2.24) is 10.3 Å². The third-order valence-corrected chi connectivity index (χ3v) is 2.23. The van der Waals surface area contributed by atoms with Crippen molar-refractivity contribution in [3.63, 3.8) is 0 Å². The van der Waals surface area contributed by atoms with Gasteiger partial charge in [0.1, 0.15) is 5.15 Å². The molecule has 0 bridgehead atoms. The number of rotatable bonds is 5. The summed E-state index contributed by atoms with van der Waals surface area (Å²) in [6, 6.07) is 3.86.